The maximum atomic E-state index is 6.33. The van der Waals surface area contributed by atoms with Gasteiger partial charge in [-0.1, -0.05) is 13.8 Å². The van der Waals surface area contributed by atoms with E-state index in [-0.39, 0.29) is 0 Å². The third-order valence-electron chi connectivity index (χ3n) is 4.74. The zero-order valence-electron chi connectivity index (χ0n) is 14.0. The normalized spacial score (nSPS) is 34.0. The summed E-state index contributed by atoms with van der Waals surface area (Å²) in [4.78, 5) is 0. The van der Waals surface area contributed by atoms with Crippen LogP contribution in [0.1, 0.15) is 78.1 Å². The molecule has 0 aliphatic heterocycles. The minimum atomic E-state index is 0.476. The molecular formula is C18H34O3. The van der Waals surface area contributed by atoms with Crippen LogP contribution in [0.2, 0.25) is 0 Å². The molecule has 0 bridgehead atoms. The lowest BCUT2D eigenvalue weighted by atomic mass is 9.92. The molecule has 2 aliphatic rings. The standard InChI is InChI=1S/C18H34O3/c1-3-13-19-15-5-9-17(10-6-15)21-18-11-7-16(8-12-18)20-14-4-2/h15-18H,3-14H2,1-2H3. The average molecular weight is 298 g/mol. The van der Waals surface area contributed by atoms with Crippen LogP contribution in [0.25, 0.3) is 0 Å². The summed E-state index contributed by atoms with van der Waals surface area (Å²) in [6.45, 7) is 6.18. The molecule has 0 N–H and O–H groups in total. The van der Waals surface area contributed by atoms with Gasteiger partial charge in [0.05, 0.1) is 24.4 Å². The molecule has 3 nitrogen and oxygen atoms in total. The first-order chi connectivity index (χ1) is 10.3. The summed E-state index contributed by atoms with van der Waals surface area (Å²) < 4.78 is 18.0. The van der Waals surface area contributed by atoms with Crippen LogP contribution >= 0.6 is 0 Å². The summed E-state index contributed by atoms with van der Waals surface area (Å²) in [5.74, 6) is 0. The Morgan fingerprint density at radius 1 is 0.571 bits per heavy atom. The summed E-state index contributed by atoms with van der Waals surface area (Å²) in [5, 5.41) is 0. The van der Waals surface area contributed by atoms with Crippen molar-refractivity contribution in [3.05, 3.63) is 0 Å². The minimum absolute atomic E-state index is 0.476. The molecule has 2 rings (SSSR count). The van der Waals surface area contributed by atoms with Crippen molar-refractivity contribution in [3.63, 3.8) is 0 Å². The van der Waals surface area contributed by atoms with E-state index in [1.54, 1.807) is 0 Å². The molecule has 3 heteroatoms. The summed E-state index contributed by atoms with van der Waals surface area (Å²) in [5.41, 5.74) is 0. The van der Waals surface area contributed by atoms with Gasteiger partial charge < -0.3 is 14.2 Å². The van der Waals surface area contributed by atoms with E-state index in [1.807, 2.05) is 0 Å². The smallest absolute Gasteiger partial charge is 0.0580 e. The summed E-state index contributed by atoms with van der Waals surface area (Å²) >= 11 is 0. The van der Waals surface area contributed by atoms with E-state index in [2.05, 4.69) is 13.8 Å². The maximum Gasteiger partial charge on any atom is 0.0580 e. The topological polar surface area (TPSA) is 27.7 Å². The SMILES string of the molecule is CCCOC1CCC(OC2CCC(OCCC)CC2)CC1. The molecule has 2 saturated carbocycles. The van der Waals surface area contributed by atoms with Gasteiger partial charge in [0, 0.05) is 13.2 Å². The predicted octanol–water partition coefficient (Wildman–Crippen LogP) is 4.48. The molecular weight excluding hydrogens is 264 g/mol. The Morgan fingerprint density at radius 2 is 0.905 bits per heavy atom. The molecule has 0 aromatic heterocycles. The second kappa shape index (κ2) is 9.81. The van der Waals surface area contributed by atoms with E-state index < -0.39 is 0 Å². The highest BCUT2D eigenvalue weighted by Gasteiger charge is 2.27. The van der Waals surface area contributed by atoms with Crippen molar-refractivity contribution in [2.24, 2.45) is 0 Å². The molecule has 0 amide bonds. The van der Waals surface area contributed by atoms with Crippen molar-refractivity contribution in [3.8, 4) is 0 Å². The lowest BCUT2D eigenvalue weighted by Crippen LogP contribution is -2.33. The van der Waals surface area contributed by atoms with Gasteiger partial charge in [-0.25, -0.2) is 0 Å². The van der Waals surface area contributed by atoms with Gasteiger partial charge in [0.2, 0.25) is 0 Å². The summed E-state index contributed by atoms with van der Waals surface area (Å²) in [6, 6.07) is 0. The molecule has 0 aromatic rings. The highest BCUT2D eigenvalue weighted by Crippen LogP contribution is 2.29. The number of rotatable bonds is 8. The van der Waals surface area contributed by atoms with Gasteiger partial charge in [-0.15, -0.1) is 0 Å². The molecule has 0 unspecified atom stereocenters. The lowest BCUT2D eigenvalue weighted by Gasteiger charge is -2.34. The van der Waals surface area contributed by atoms with Crippen molar-refractivity contribution < 1.29 is 14.2 Å². The van der Waals surface area contributed by atoms with E-state index in [0.717, 1.165) is 26.1 Å². The maximum absolute atomic E-state index is 6.33. The van der Waals surface area contributed by atoms with E-state index in [4.69, 9.17) is 14.2 Å². The Balaban J connectivity index is 1.57. The highest BCUT2D eigenvalue weighted by molar-refractivity contribution is 4.78. The van der Waals surface area contributed by atoms with Crippen molar-refractivity contribution in [1.82, 2.24) is 0 Å². The van der Waals surface area contributed by atoms with E-state index in [0.29, 0.717) is 24.4 Å². The van der Waals surface area contributed by atoms with Gasteiger partial charge in [-0.05, 0) is 64.2 Å². The molecule has 0 spiro atoms. The van der Waals surface area contributed by atoms with Crippen LogP contribution in [0.15, 0.2) is 0 Å². The lowest BCUT2D eigenvalue weighted by molar-refractivity contribution is -0.0874. The van der Waals surface area contributed by atoms with Crippen LogP contribution in [0.5, 0.6) is 0 Å². The van der Waals surface area contributed by atoms with Gasteiger partial charge in [0.1, 0.15) is 0 Å². The third-order valence-corrected chi connectivity index (χ3v) is 4.74. The van der Waals surface area contributed by atoms with Crippen LogP contribution in [0.4, 0.5) is 0 Å². The summed E-state index contributed by atoms with van der Waals surface area (Å²) in [6.07, 6.45) is 13.6. The van der Waals surface area contributed by atoms with E-state index in [1.165, 1.54) is 51.4 Å². The fourth-order valence-corrected chi connectivity index (χ4v) is 3.51. The first-order valence-electron chi connectivity index (χ1n) is 9.20. The van der Waals surface area contributed by atoms with E-state index in [9.17, 15) is 0 Å². The van der Waals surface area contributed by atoms with Gasteiger partial charge in [-0.2, -0.15) is 0 Å². The van der Waals surface area contributed by atoms with Crippen molar-refractivity contribution in [2.45, 2.75) is 102 Å². The molecule has 0 radical (unpaired) electrons. The van der Waals surface area contributed by atoms with E-state index >= 15 is 0 Å². The monoisotopic (exact) mass is 298 g/mol. The molecule has 0 heterocycles. The number of ether oxygens (including phenoxy) is 3. The molecule has 0 atom stereocenters. The molecule has 2 aliphatic carbocycles. The van der Waals surface area contributed by atoms with Crippen molar-refractivity contribution in [1.29, 1.82) is 0 Å². The molecule has 2 fully saturated rings. The van der Waals surface area contributed by atoms with Crippen LogP contribution in [-0.2, 0) is 14.2 Å². The average Bonchev–Trinajstić information content (AvgIpc) is 2.53. The minimum Gasteiger partial charge on any atom is -0.378 e. The van der Waals surface area contributed by atoms with Crippen molar-refractivity contribution >= 4 is 0 Å². The number of hydrogen-bond donors (Lipinski definition) is 0. The quantitative estimate of drug-likeness (QED) is 0.661. The van der Waals surface area contributed by atoms with Gasteiger partial charge in [0.25, 0.3) is 0 Å². The first kappa shape index (κ1) is 17.2. The second-order valence-corrected chi connectivity index (χ2v) is 6.68. The van der Waals surface area contributed by atoms with Crippen LogP contribution in [0.3, 0.4) is 0 Å². The highest BCUT2D eigenvalue weighted by atomic mass is 16.5. The van der Waals surface area contributed by atoms with Crippen molar-refractivity contribution in [2.75, 3.05) is 13.2 Å². The van der Waals surface area contributed by atoms with Crippen LogP contribution < -0.4 is 0 Å². The fraction of sp³-hybridized carbons (Fsp3) is 1.00. The van der Waals surface area contributed by atoms with Crippen LogP contribution in [0, 0.1) is 0 Å². The van der Waals surface area contributed by atoms with Gasteiger partial charge in [0.15, 0.2) is 0 Å². The molecule has 0 saturated heterocycles. The Hall–Kier alpha value is -0.120. The Morgan fingerprint density at radius 3 is 1.24 bits per heavy atom. The Kier molecular flexibility index (Phi) is 8.05. The fourth-order valence-electron chi connectivity index (χ4n) is 3.51. The van der Waals surface area contributed by atoms with Gasteiger partial charge >= 0.3 is 0 Å². The Labute approximate surface area is 130 Å². The zero-order chi connectivity index (χ0) is 14.9. The first-order valence-corrected chi connectivity index (χ1v) is 9.20. The third kappa shape index (κ3) is 6.25. The largest absolute Gasteiger partial charge is 0.378 e. The predicted molar refractivity (Wildman–Crippen MR) is 85.7 cm³/mol. The summed E-state index contributed by atoms with van der Waals surface area (Å²) in [7, 11) is 0. The number of hydrogen-bond acceptors (Lipinski definition) is 3. The molecule has 0 aromatic carbocycles. The molecule has 124 valence electrons. The second-order valence-electron chi connectivity index (χ2n) is 6.68. The zero-order valence-corrected chi connectivity index (χ0v) is 14.0. The molecule has 21 heavy (non-hydrogen) atoms. The Bertz CT molecular complexity index is 227. The van der Waals surface area contributed by atoms with Crippen LogP contribution in [-0.4, -0.2) is 37.6 Å². The van der Waals surface area contributed by atoms with Gasteiger partial charge in [-0.3, -0.25) is 0 Å².